The molecule has 0 bridgehead atoms. The highest BCUT2D eigenvalue weighted by atomic mass is 15.1. The van der Waals surface area contributed by atoms with Gasteiger partial charge in [-0.1, -0.05) is 261 Å². The van der Waals surface area contributed by atoms with E-state index in [1.807, 2.05) is 206 Å². The van der Waals surface area contributed by atoms with Gasteiger partial charge in [0.1, 0.15) is 0 Å². The summed E-state index contributed by atoms with van der Waals surface area (Å²) in [7, 11) is 0. The summed E-state index contributed by atoms with van der Waals surface area (Å²) in [5.41, 5.74) is 17.1. The highest BCUT2D eigenvalue weighted by molar-refractivity contribution is 6.13. The smallest absolute Gasteiger partial charge is 0.194 e. The Kier molecular flexibility index (Phi) is 14.6. The first kappa shape index (κ1) is 58.5. The van der Waals surface area contributed by atoms with Crippen LogP contribution in [0.25, 0.3) is 185 Å². The largest absolute Gasteiger partial charge is 0.309 e. The molecule has 0 unspecified atom stereocenters. The minimum atomic E-state index is 0.458. The van der Waals surface area contributed by atoms with E-state index in [9.17, 15) is 0 Å². The monoisotopic (exact) mass is 1280 g/mol. The number of para-hydroxylation sites is 3. The fourth-order valence-corrected chi connectivity index (χ4v) is 13.7. The molecule has 0 saturated heterocycles. The minimum Gasteiger partial charge on any atom is -0.309 e. The number of rotatable bonds is 13. The van der Waals surface area contributed by atoms with E-state index in [1.54, 1.807) is 0 Å². The summed E-state index contributed by atoms with van der Waals surface area (Å²) in [6.07, 6.45) is 0. The predicted octanol–water partition coefficient (Wildman–Crippen LogP) is 21.3. The van der Waals surface area contributed by atoms with Gasteiger partial charge in [0, 0.05) is 71.6 Å². The molecule has 0 aliphatic carbocycles. The van der Waals surface area contributed by atoms with Gasteiger partial charge in [0.15, 0.2) is 58.1 Å². The van der Waals surface area contributed by atoms with Crippen molar-refractivity contribution in [1.29, 1.82) is 0 Å². The second-order valence-corrected chi connectivity index (χ2v) is 24.3. The molecule has 0 atom stereocenters. The van der Waals surface area contributed by atoms with Crippen LogP contribution in [0.4, 0.5) is 5.69 Å². The third-order valence-electron chi connectivity index (χ3n) is 18.3. The maximum Gasteiger partial charge on any atom is 0.194 e. The van der Waals surface area contributed by atoms with Crippen molar-refractivity contribution in [2.45, 2.75) is 0 Å². The topological polar surface area (TPSA) is 130 Å². The Bertz CT molecular complexity index is 6040. The Morgan fingerprint density at radius 2 is 0.530 bits per heavy atom. The van der Waals surface area contributed by atoms with E-state index in [1.165, 1.54) is 0 Å². The van der Waals surface area contributed by atoms with Gasteiger partial charge in [0.25, 0.3) is 0 Å². The van der Waals surface area contributed by atoms with Crippen LogP contribution in [0, 0.1) is 6.57 Å². The Morgan fingerprint density at radius 3 is 0.940 bits per heavy atom. The van der Waals surface area contributed by atoms with Crippen LogP contribution in [0.1, 0.15) is 0 Å². The van der Waals surface area contributed by atoms with Crippen LogP contribution in [0.2, 0.25) is 0 Å². The van der Waals surface area contributed by atoms with Crippen LogP contribution in [0.5, 0.6) is 0 Å². The molecule has 18 aromatic rings. The van der Waals surface area contributed by atoms with Crippen molar-refractivity contribution in [3.8, 4) is 136 Å². The van der Waals surface area contributed by atoms with Crippen molar-refractivity contribution in [3.63, 3.8) is 0 Å². The summed E-state index contributed by atoms with van der Waals surface area (Å²) in [6, 6.07) is 111. The Labute approximate surface area is 575 Å². The van der Waals surface area contributed by atoms with Crippen LogP contribution >= 0.6 is 0 Å². The quantitative estimate of drug-likeness (QED) is 0.104. The van der Waals surface area contributed by atoms with E-state index in [4.69, 9.17) is 51.4 Å². The van der Waals surface area contributed by atoms with Crippen molar-refractivity contribution in [3.05, 3.63) is 339 Å². The van der Waals surface area contributed by atoms with Crippen LogP contribution in [0.3, 0.4) is 0 Å². The number of benzene rings is 13. The lowest BCUT2D eigenvalue weighted by molar-refractivity contribution is 1.06. The van der Waals surface area contributed by atoms with Crippen LogP contribution < -0.4 is 0 Å². The lowest BCUT2D eigenvalue weighted by Gasteiger charge is -2.21. The van der Waals surface area contributed by atoms with Gasteiger partial charge in [-0.15, -0.1) is 0 Å². The Hall–Kier alpha value is -14.0. The molecule has 0 aliphatic heterocycles. The fourth-order valence-electron chi connectivity index (χ4n) is 13.7. The van der Waals surface area contributed by atoms with Gasteiger partial charge in [0.2, 0.25) is 0 Å². The Morgan fingerprint density at radius 1 is 0.210 bits per heavy atom. The number of aromatic nitrogens is 11. The number of fused-ring (bicyclic) bond motifs is 6. The van der Waals surface area contributed by atoms with Crippen molar-refractivity contribution < 1.29 is 0 Å². The van der Waals surface area contributed by atoms with Gasteiger partial charge in [-0.05, 0) is 83.4 Å². The molecule has 0 radical (unpaired) electrons. The van der Waals surface area contributed by atoms with Gasteiger partial charge < -0.3 is 9.13 Å². The third-order valence-corrected chi connectivity index (χ3v) is 18.3. The second kappa shape index (κ2) is 25.0. The number of hydrogen-bond acceptors (Lipinski definition) is 9. The van der Waals surface area contributed by atoms with Crippen molar-refractivity contribution in [2.75, 3.05) is 0 Å². The van der Waals surface area contributed by atoms with E-state index >= 15 is 0 Å². The van der Waals surface area contributed by atoms with Gasteiger partial charge in [-0.3, -0.25) is 0 Å². The molecule has 0 spiro atoms. The second-order valence-electron chi connectivity index (χ2n) is 24.3. The molecule has 0 N–H and O–H groups in total. The minimum absolute atomic E-state index is 0.458. The zero-order chi connectivity index (χ0) is 66.5. The summed E-state index contributed by atoms with van der Waals surface area (Å²) in [4.78, 5) is 51.4. The summed E-state index contributed by atoms with van der Waals surface area (Å²) >= 11 is 0. The summed E-state index contributed by atoms with van der Waals surface area (Å²) < 4.78 is 4.70. The molecule has 5 aromatic heterocycles. The molecule has 12 heteroatoms. The van der Waals surface area contributed by atoms with E-state index in [0.717, 1.165) is 127 Å². The van der Waals surface area contributed by atoms with Crippen LogP contribution in [-0.2, 0) is 0 Å². The normalized spacial score (nSPS) is 11.4. The summed E-state index contributed by atoms with van der Waals surface area (Å²) in [6.45, 7) is 8.47. The van der Waals surface area contributed by atoms with E-state index in [-0.39, 0.29) is 0 Å². The van der Waals surface area contributed by atoms with Crippen LogP contribution in [0.15, 0.2) is 328 Å². The highest BCUT2D eigenvalue weighted by Crippen LogP contribution is 2.47. The zero-order valence-electron chi connectivity index (χ0n) is 53.5. The number of hydrogen-bond donors (Lipinski definition) is 0. The van der Waals surface area contributed by atoms with Gasteiger partial charge in [-0.25, -0.2) is 49.7 Å². The van der Waals surface area contributed by atoms with Crippen molar-refractivity contribution in [1.82, 2.24) is 54.0 Å². The predicted molar refractivity (Wildman–Crippen MR) is 401 cm³/mol. The first-order valence-corrected chi connectivity index (χ1v) is 33.0. The summed E-state index contributed by atoms with van der Waals surface area (Å²) in [5.74, 6) is 4.92. The molecule has 13 aromatic carbocycles. The molecule has 0 aliphatic rings. The number of nitrogens with zero attached hydrogens (tertiary/aromatic N) is 12. The molecule has 466 valence electrons. The van der Waals surface area contributed by atoms with E-state index in [2.05, 4.69) is 135 Å². The zero-order valence-corrected chi connectivity index (χ0v) is 53.5. The van der Waals surface area contributed by atoms with Crippen molar-refractivity contribution in [2.24, 2.45) is 0 Å². The first-order valence-electron chi connectivity index (χ1n) is 33.0. The molecule has 0 saturated carbocycles. The van der Waals surface area contributed by atoms with Crippen LogP contribution in [-0.4, -0.2) is 54.0 Å². The lowest BCUT2D eigenvalue weighted by Crippen LogP contribution is -2.06. The average molecular weight is 1280 g/mol. The standard InChI is InChI=1S/C88H54N12/c1-89-72-43-23-20-39-65(72)62-47-50-77(99-73-44-24-21-40-66(73)69-54-63(48-51-75(69)99)86-93-80(56-27-8-2-9-28-56)90-81(94-86)57-29-10-3-11-30-57)71(53-62)68-42-26-46-78(79(68)88-97-84(60-35-16-6-17-36-60)92-85(98-88)61-37-18-7-19-38-61)100-74-45-25-22-41-67(74)70-55-64(49-52-76(70)100)87-95-82(58-31-12-4-13-32-58)91-83(96-87)59-33-14-5-15-34-59/h2-55H. The molecule has 12 nitrogen and oxygen atoms in total. The highest BCUT2D eigenvalue weighted by Gasteiger charge is 2.27. The molecule has 0 amide bonds. The molecule has 0 fully saturated rings. The molecular weight excluding hydrogens is 1230 g/mol. The van der Waals surface area contributed by atoms with Crippen molar-refractivity contribution >= 4 is 49.3 Å². The molecule has 5 heterocycles. The van der Waals surface area contributed by atoms with E-state index < -0.39 is 0 Å². The van der Waals surface area contributed by atoms with Gasteiger partial charge in [0.05, 0.1) is 45.6 Å². The lowest BCUT2D eigenvalue weighted by atomic mass is 9.92. The van der Waals surface area contributed by atoms with Gasteiger partial charge in [-0.2, -0.15) is 0 Å². The first-order chi connectivity index (χ1) is 49.5. The fraction of sp³-hybridized carbons (Fsp3) is 0. The maximum atomic E-state index is 8.47. The average Bonchev–Trinajstić information content (AvgIpc) is 1.54. The van der Waals surface area contributed by atoms with E-state index in [0.29, 0.717) is 58.1 Å². The summed E-state index contributed by atoms with van der Waals surface area (Å²) in [5, 5.41) is 4.06. The van der Waals surface area contributed by atoms with Gasteiger partial charge >= 0.3 is 0 Å². The molecule has 100 heavy (non-hydrogen) atoms. The maximum absolute atomic E-state index is 8.47. The third kappa shape index (κ3) is 10.6. The SMILES string of the molecule is [C-]#[N+]c1ccccc1-c1ccc(-n2c3ccccc3c3cc(-c4nc(-c5ccccc5)nc(-c5ccccc5)n4)ccc32)c(-c2cccc(-n3c4ccccc4c4cc(-c5nc(-c6ccccc6)nc(-c6ccccc6)n5)ccc43)c2-c2nc(-c3ccccc3)nc(-c3ccccc3)n2)c1. The molecule has 18 rings (SSSR count). The Balaban J connectivity index is 0.907. The molecular formula is C88H54N12.